The van der Waals surface area contributed by atoms with Crippen molar-refractivity contribution >= 4 is 38.5 Å². The van der Waals surface area contributed by atoms with Crippen LogP contribution in [0.4, 0.5) is 10.2 Å². The van der Waals surface area contributed by atoms with E-state index in [1.165, 1.54) is 22.4 Å². The van der Waals surface area contributed by atoms with Gasteiger partial charge in [0.05, 0.1) is 9.92 Å². The number of hydrogen-bond donors (Lipinski definition) is 1. The number of aromatic nitrogens is 3. The minimum Gasteiger partial charge on any atom is -0.327 e. The summed E-state index contributed by atoms with van der Waals surface area (Å²) in [6.07, 6.45) is 7.91. The Bertz CT molecular complexity index is 1560. The Kier molecular flexibility index (Phi) is 6.14. The molecule has 1 aliphatic rings. The van der Waals surface area contributed by atoms with Crippen molar-refractivity contribution in [3.63, 3.8) is 0 Å². The molecule has 0 spiro atoms. The maximum atomic E-state index is 13.9. The highest BCUT2D eigenvalue weighted by Gasteiger charge is 2.22. The third-order valence-corrected chi connectivity index (χ3v) is 7.59. The van der Waals surface area contributed by atoms with Crippen molar-refractivity contribution in [1.82, 2.24) is 13.9 Å². The van der Waals surface area contributed by atoms with E-state index in [9.17, 15) is 12.8 Å². The van der Waals surface area contributed by atoms with Crippen LogP contribution in [-0.4, -0.2) is 35.4 Å². The minimum atomic E-state index is -3.85. The van der Waals surface area contributed by atoms with Crippen molar-refractivity contribution < 1.29 is 12.8 Å². The molecule has 1 aromatic carbocycles. The lowest BCUT2D eigenvalue weighted by Gasteiger charge is -2.24. The van der Waals surface area contributed by atoms with E-state index in [1.54, 1.807) is 59.8 Å². The second-order valence-corrected chi connectivity index (χ2v) is 10.4. The topological polar surface area (TPSA) is 94.1 Å². The van der Waals surface area contributed by atoms with Crippen molar-refractivity contribution in [2.45, 2.75) is 11.3 Å². The Labute approximate surface area is 207 Å². The average Bonchev–Trinajstić information content (AvgIpc) is 3.22. The molecule has 0 radical (unpaired) electrons. The van der Waals surface area contributed by atoms with Gasteiger partial charge in [0.1, 0.15) is 11.6 Å². The first-order chi connectivity index (χ1) is 16.8. The van der Waals surface area contributed by atoms with Crippen molar-refractivity contribution in [2.24, 2.45) is 5.73 Å². The van der Waals surface area contributed by atoms with Crippen LogP contribution in [0.5, 0.6) is 0 Å². The van der Waals surface area contributed by atoms with Gasteiger partial charge in [0.2, 0.25) is 0 Å². The summed E-state index contributed by atoms with van der Waals surface area (Å²) in [5.41, 5.74) is 8.33. The highest BCUT2D eigenvalue weighted by Crippen LogP contribution is 2.29. The summed E-state index contributed by atoms with van der Waals surface area (Å²) >= 11 is 6.19. The van der Waals surface area contributed by atoms with E-state index in [0.29, 0.717) is 34.8 Å². The number of pyridine rings is 2. The normalized spacial score (nSPS) is 14.2. The number of hydrogen-bond acceptors (Lipinski definition) is 6. The zero-order valence-corrected chi connectivity index (χ0v) is 20.0. The summed E-state index contributed by atoms with van der Waals surface area (Å²) in [5, 5.41) is 1.05. The van der Waals surface area contributed by atoms with Crippen LogP contribution in [-0.2, 0) is 16.4 Å². The van der Waals surface area contributed by atoms with Gasteiger partial charge >= 0.3 is 0 Å². The zero-order valence-electron chi connectivity index (χ0n) is 18.5. The van der Waals surface area contributed by atoms with Crippen molar-refractivity contribution in [2.75, 3.05) is 18.0 Å². The molecule has 1 aliphatic heterocycles. The molecule has 0 saturated heterocycles. The highest BCUT2D eigenvalue weighted by atomic mass is 35.5. The standard InChI is InChI=1S/C25H21ClFN5O2S/c26-20-10-23-19(15-32(25(23)30-13-20)35(33,34)22-4-2-1-3-5-22)8-17-6-7-24(29-12-17)31-14-18(11-28)9-21(27)16-31/h1-7,9-10,12-13,15-16H,8,11,14,28H2. The molecule has 0 unspecified atom stereocenters. The molecule has 0 atom stereocenters. The fraction of sp³-hybridized carbons (Fsp3) is 0.120. The average molecular weight is 510 g/mol. The molecule has 0 bridgehead atoms. The lowest BCUT2D eigenvalue weighted by molar-refractivity contribution is 0.588. The number of allylic oxidation sites excluding steroid dienone is 2. The van der Waals surface area contributed by atoms with Gasteiger partial charge in [0.15, 0.2) is 5.65 Å². The van der Waals surface area contributed by atoms with E-state index >= 15 is 0 Å². The van der Waals surface area contributed by atoms with Crippen LogP contribution in [0.15, 0.2) is 95.7 Å². The molecule has 4 aromatic rings. The van der Waals surface area contributed by atoms with Crippen LogP contribution in [0.1, 0.15) is 11.1 Å². The first-order valence-electron chi connectivity index (χ1n) is 10.8. The Hall–Kier alpha value is -3.53. The fourth-order valence-corrected chi connectivity index (χ4v) is 5.54. The van der Waals surface area contributed by atoms with Crippen LogP contribution in [0.3, 0.4) is 0 Å². The first kappa shape index (κ1) is 23.2. The molecule has 10 heteroatoms. The maximum Gasteiger partial charge on any atom is 0.269 e. The summed E-state index contributed by atoms with van der Waals surface area (Å²) < 4.78 is 41.7. The number of anilines is 1. The molecule has 7 nitrogen and oxygen atoms in total. The monoisotopic (exact) mass is 509 g/mol. The van der Waals surface area contributed by atoms with Crippen LogP contribution in [0, 0.1) is 0 Å². The lowest BCUT2D eigenvalue weighted by atomic mass is 10.1. The molecular weight excluding hydrogens is 489 g/mol. The molecular formula is C25H21ClFN5O2S. The Morgan fingerprint density at radius 3 is 2.60 bits per heavy atom. The molecule has 5 rings (SSSR count). The van der Waals surface area contributed by atoms with E-state index in [4.69, 9.17) is 17.3 Å². The van der Waals surface area contributed by atoms with Crippen LogP contribution >= 0.6 is 11.6 Å². The molecule has 178 valence electrons. The minimum absolute atomic E-state index is 0.166. The number of fused-ring (bicyclic) bond motifs is 1. The number of benzene rings is 1. The third-order valence-electron chi connectivity index (χ3n) is 5.72. The van der Waals surface area contributed by atoms with Gasteiger partial charge in [0, 0.05) is 49.7 Å². The molecule has 0 aliphatic carbocycles. The van der Waals surface area contributed by atoms with E-state index < -0.39 is 10.0 Å². The molecule has 0 fully saturated rings. The summed E-state index contributed by atoms with van der Waals surface area (Å²) in [6.45, 7) is 0.730. The Balaban J connectivity index is 1.48. The highest BCUT2D eigenvalue weighted by molar-refractivity contribution is 7.90. The fourth-order valence-electron chi connectivity index (χ4n) is 4.02. The lowest BCUT2D eigenvalue weighted by Crippen LogP contribution is -2.26. The summed E-state index contributed by atoms with van der Waals surface area (Å²) in [5.74, 6) is 0.209. The zero-order chi connectivity index (χ0) is 24.6. The van der Waals surface area contributed by atoms with Gasteiger partial charge in [-0.3, -0.25) is 0 Å². The molecule has 35 heavy (non-hydrogen) atoms. The van der Waals surface area contributed by atoms with Gasteiger partial charge < -0.3 is 10.6 Å². The number of halogens is 2. The second-order valence-electron chi connectivity index (χ2n) is 8.14. The molecule has 2 N–H and O–H groups in total. The summed E-state index contributed by atoms with van der Waals surface area (Å²) in [6, 6.07) is 13.6. The number of rotatable bonds is 6. The number of nitrogens with zero attached hydrogens (tertiary/aromatic N) is 4. The smallest absolute Gasteiger partial charge is 0.269 e. The SMILES string of the molecule is NCC1=CC(F)=CN(c2ccc(Cc3cn(S(=O)(=O)c4ccccc4)c4ncc(Cl)cc34)cn2)C1. The summed E-state index contributed by atoms with van der Waals surface area (Å²) in [7, 11) is -3.85. The van der Waals surface area contributed by atoms with Gasteiger partial charge in [0.25, 0.3) is 10.0 Å². The van der Waals surface area contributed by atoms with Gasteiger partial charge in [-0.1, -0.05) is 35.9 Å². The van der Waals surface area contributed by atoms with Crippen molar-refractivity contribution in [1.29, 1.82) is 0 Å². The van der Waals surface area contributed by atoms with E-state index in [-0.39, 0.29) is 17.3 Å². The van der Waals surface area contributed by atoms with Gasteiger partial charge in [-0.05, 0) is 47.0 Å². The molecule has 0 amide bonds. The van der Waals surface area contributed by atoms with Crippen molar-refractivity contribution in [3.05, 3.63) is 107 Å². The molecule has 0 saturated carbocycles. The Morgan fingerprint density at radius 1 is 1.09 bits per heavy atom. The maximum absolute atomic E-state index is 13.9. The van der Waals surface area contributed by atoms with Crippen LogP contribution in [0.25, 0.3) is 11.0 Å². The van der Waals surface area contributed by atoms with Crippen molar-refractivity contribution in [3.8, 4) is 0 Å². The second kappa shape index (κ2) is 9.26. The quantitative estimate of drug-likeness (QED) is 0.413. The van der Waals surface area contributed by atoms with E-state index in [0.717, 1.165) is 16.7 Å². The van der Waals surface area contributed by atoms with Crippen LogP contribution in [0.2, 0.25) is 5.02 Å². The Morgan fingerprint density at radius 2 is 1.89 bits per heavy atom. The third kappa shape index (κ3) is 4.58. The first-order valence-corrected chi connectivity index (χ1v) is 12.6. The summed E-state index contributed by atoms with van der Waals surface area (Å²) in [4.78, 5) is 10.7. The van der Waals surface area contributed by atoms with Gasteiger partial charge in [-0.25, -0.2) is 26.7 Å². The van der Waals surface area contributed by atoms with E-state index in [1.807, 2.05) is 6.07 Å². The predicted molar refractivity (Wildman–Crippen MR) is 134 cm³/mol. The largest absolute Gasteiger partial charge is 0.327 e. The molecule has 4 heterocycles. The predicted octanol–water partition coefficient (Wildman–Crippen LogP) is 4.43. The van der Waals surface area contributed by atoms with Gasteiger partial charge in [-0.2, -0.15) is 0 Å². The van der Waals surface area contributed by atoms with Crippen LogP contribution < -0.4 is 10.6 Å². The number of nitrogens with two attached hydrogens (primary N) is 1. The van der Waals surface area contributed by atoms with E-state index in [2.05, 4.69) is 9.97 Å². The molecule has 3 aromatic heterocycles. The van der Waals surface area contributed by atoms with Gasteiger partial charge in [-0.15, -0.1) is 0 Å².